The largest absolute Gasteiger partial charge is 0.379 e. The van der Waals surface area contributed by atoms with Crippen molar-refractivity contribution < 1.29 is 22.7 Å². The van der Waals surface area contributed by atoms with E-state index in [1.807, 2.05) is 4.90 Å². The lowest BCUT2D eigenvalue weighted by atomic mass is 10.0. The Balaban J connectivity index is 1.37. The summed E-state index contributed by atoms with van der Waals surface area (Å²) < 4.78 is 40.1. The second-order valence-corrected chi connectivity index (χ2v) is 10.7. The third kappa shape index (κ3) is 5.52. The van der Waals surface area contributed by atoms with E-state index in [0.717, 1.165) is 65.0 Å². The molecule has 0 radical (unpaired) electrons. The number of carbonyl (C=O) groups excluding carboxylic acids is 1. The molecule has 9 nitrogen and oxygen atoms in total. The number of rotatable bonds is 8. The summed E-state index contributed by atoms with van der Waals surface area (Å²) in [6.07, 6.45) is 4.55. The first-order valence-corrected chi connectivity index (χ1v) is 12.9. The molecule has 4 rings (SSSR count). The minimum Gasteiger partial charge on any atom is -0.379 e. The fraction of sp³-hybridized carbons (Fsp3) is 0.950. The van der Waals surface area contributed by atoms with Crippen LogP contribution in [0.15, 0.2) is 0 Å². The zero-order valence-corrected chi connectivity index (χ0v) is 18.7. The molecule has 4 fully saturated rings. The van der Waals surface area contributed by atoms with Crippen LogP contribution in [0.4, 0.5) is 0 Å². The molecular weight excluding hydrogens is 408 g/mol. The van der Waals surface area contributed by atoms with Gasteiger partial charge >= 0.3 is 0 Å². The number of nitrogens with zero attached hydrogens (tertiary/aromatic N) is 4. The molecule has 1 saturated carbocycles. The van der Waals surface area contributed by atoms with Gasteiger partial charge in [0.15, 0.2) is 0 Å². The maximum absolute atomic E-state index is 13.1. The molecule has 0 bridgehead atoms. The minimum atomic E-state index is -3.49. The lowest BCUT2D eigenvalue weighted by Gasteiger charge is -2.41. The van der Waals surface area contributed by atoms with E-state index in [9.17, 15) is 13.2 Å². The van der Waals surface area contributed by atoms with Crippen LogP contribution in [0.5, 0.6) is 0 Å². The first-order valence-electron chi connectivity index (χ1n) is 11.5. The summed E-state index contributed by atoms with van der Waals surface area (Å²) in [6, 6.07) is -0.0210. The van der Waals surface area contributed by atoms with Crippen LogP contribution in [-0.2, 0) is 24.5 Å². The van der Waals surface area contributed by atoms with Gasteiger partial charge in [0.25, 0.3) is 10.2 Å². The van der Waals surface area contributed by atoms with Crippen molar-refractivity contribution >= 4 is 16.1 Å². The molecule has 0 aromatic heterocycles. The van der Waals surface area contributed by atoms with Gasteiger partial charge in [0.05, 0.1) is 26.4 Å². The van der Waals surface area contributed by atoms with Crippen molar-refractivity contribution in [3.8, 4) is 0 Å². The van der Waals surface area contributed by atoms with Crippen LogP contribution in [0.1, 0.15) is 32.1 Å². The fourth-order valence-electron chi connectivity index (χ4n) is 4.65. The zero-order valence-electron chi connectivity index (χ0n) is 17.9. The van der Waals surface area contributed by atoms with Crippen LogP contribution >= 0.6 is 0 Å². The van der Waals surface area contributed by atoms with Gasteiger partial charge in [-0.1, -0.05) is 0 Å². The van der Waals surface area contributed by atoms with Crippen LogP contribution in [-0.4, -0.2) is 118 Å². The van der Waals surface area contributed by atoms with E-state index >= 15 is 0 Å². The Morgan fingerprint density at radius 3 is 2.23 bits per heavy atom. The molecule has 3 heterocycles. The number of piperidine rings is 1. The molecule has 3 aliphatic heterocycles. The molecule has 1 unspecified atom stereocenters. The van der Waals surface area contributed by atoms with E-state index in [2.05, 4.69) is 4.90 Å². The van der Waals surface area contributed by atoms with Crippen LogP contribution in [0.3, 0.4) is 0 Å². The van der Waals surface area contributed by atoms with Crippen LogP contribution in [0, 0.1) is 5.92 Å². The molecule has 0 spiro atoms. The molecule has 1 aliphatic carbocycles. The van der Waals surface area contributed by atoms with Crippen molar-refractivity contribution in [2.75, 3.05) is 78.8 Å². The molecule has 1 amide bonds. The highest BCUT2D eigenvalue weighted by molar-refractivity contribution is 7.86. The summed E-state index contributed by atoms with van der Waals surface area (Å²) in [5.41, 5.74) is 0. The van der Waals surface area contributed by atoms with Gasteiger partial charge in [0.2, 0.25) is 5.91 Å². The normalized spacial score (nSPS) is 27.8. The lowest BCUT2D eigenvalue weighted by Crippen LogP contribution is -2.56. The monoisotopic (exact) mass is 444 g/mol. The van der Waals surface area contributed by atoms with Gasteiger partial charge in [-0.15, -0.1) is 0 Å². The van der Waals surface area contributed by atoms with Crippen molar-refractivity contribution in [3.63, 3.8) is 0 Å². The van der Waals surface area contributed by atoms with Gasteiger partial charge in [0.1, 0.15) is 0 Å². The number of hydrogen-bond donors (Lipinski definition) is 0. The topological polar surface area (TPSA) is 82.6 Å². The first-order chi connectivity index (χ1) is 14.6. The first kappa shape index (κ1) is 22.4. The SMILES string of the molecule is O=C(C1CC1)N(CCCN1CCOCC1)C1CCCN(S(=O)(=O)N2CCOCC2)C1. The number of carbonyl (C=O) groups is 1. The van der Waals surface area contributed by atoms with Gasteiger partial charge in [-0.3, -0.25) is 9.69 Å². The smallest absolute Gasteiger partial charge is 0.282 e. The van der Waals surface area contributed by atoms with E-state index in [1.165, 1.54) is 4.31 Å². The quantitative estimate of drug-likeness (QED) is 0.524. The standard InChI is InChI=1S/C20H36N4O5S/c25-20(18-4-5-18)24(8-2-6-21-9-13-28-14-10-21)19-3-1-7-23(17-19)30(26,27)22-11-15-29-16-12-22/h18-19H,1-17H2. The molecule has 4 aliphatic rings. The van der Waals surface area contributed by atoms with Crippen molar-refractivity contribution in [3.05, 3.63) is 0 Å². The maximum Gasteiger partial charge on any atom is 0.282 e. The molecule has 0 N–H and O–H groups in total. The lowest BCUT2D eigenvalue weighted by molar-refractivity contribution is -0.136. The second kappa shape index (κ2) is 10.2. The molecular formula is C20H36N4O5S. The summed E-state index contributed by atoms with van der Waals surface area (Å²) in [4.78, 5) is 17.4. The van der Waals surface area contributed by atoms with Crippen molar-refractivity contribution in [1.29, 1.82) is 0 Å². The zero-order chi connectivity index (χ0) is 21.0. The molecule has 172 valence electrons. The van der Waals surface area contributed by atoms with Crippen molar-refractivity contribution in [1.82, 2.24) is 18.4 Å². The third-order valence-electron chi connectivity index (χ3n) is 6.61. The average molecular weight is 445 g/mol. The Morgan fingerprint density at radius 2 is 1.57 bits per heavy atom. The molecule has 3 saturated heterocycles. The molecule has 10 heteroatoms. The summed E-state index contributed by atoms with van der Waals surface area (Å²) in [5.74, 6) is 0.382. The third-order valence-corrected chi connectivity index (χ3v) is 8.61. The number of amides is 1. The van der Waals surface area contributed by atoms with Crippen molar-refractivity contribution in [2.45, 2.75) is 38.1 Å². The summed E-state index contributed by atoms with van der Waals surface area (Å²) in [7, 11) is -3.49. The van der Waals surface area contributed by atoms with E-state index in [0.29, 0.717) is 45.9 Å². The molecule has 30 heavy (non-hydrogen) atoms. The van der Waals surface area contributed by atoms with Crippen LogP contribution in [0.25, 0.3) is 0 Å². The van der Waals surface area contributed by atoms with Crippen LogP contribution in [0.2, 0.25) is 0 Å². The Labute approximate surface area is 180 Å². The van der Waals surface area contributed by atoms with E-state index in [-0.39, 0.29) is 17.9 Å². The summed E-state index contributed by atoms with van der Waals surface area (Å²) in [5, 5.41) is 0. The average Bonchev–Trinajstić information content (AvgIpc) is 3.63. The Bertz CT molecular complexity index is 675. The van der Waals surface area contributed by atoms with Gasteiger partial charge in [0, 0.05) is 64.3 Å². The highest BCUT2D eigenvalue weighted by atomic mass is 32.2. The second-order valence-electron chi connectivity index (χ2n) is 8.79. The maximum atomic E-state index is 13.1. The van der Waals surface area contributed by atoms with E-state index < -0.39 is 10.2 Å². The molecule has 0 aromatic carbocycles. The predicted octanol–water partition coefficient (Wildman–Crippen LogP) is -0.0113. The van der Waals surface area contributed by atoms with Gasteiger partial charge in [-0.2, -0.15) is 17.0 Å². The summed E-state index contributed by atoms with van der Waals surface area (Å²) >= 11 is 0. The Hall–Kier alpha value is -0.780. The van der Waals surface area contributed by atoms with E-state index in [4.69, 9.17) is 9.47 Å². The fourth-order valence-corrected chi connectivity index (χ4v) is 6.31. The minimum absolute atomic E-state index is 0.0210. The van der Waals surface area contributed by atoms with Gasteiger partial charge < -0.3 is 14.4 Å². The highest BCUT2D eigenvalue weighted by Crippen LogP contribution is 2.33. The number of ether oxygens (including phenoxy) is 2. The van der Waals surface area contributed by atoms with Crippen molar-refractivity contribution in [2.24, 2.45) is 5.92 Å². The number of morpholine rings is 2. The van der Waals surface area contributed by atoms with Crippen LogP contribution < -0.4 is 0 Å². The Morgan fingerprint density at radius 1 is 0.900 bits per heavy atom. The molecule has 0 aromatic rings. The highest BCUT2D eigenvalue weighted by Gasteiger charge is 2.40. The summed E-state index contributed by atoms with van der Waals surface area (Å²) in [6.45, 7) is 7.80. The number of hydrogen-bond acceptors (Lipinski definition) is 6. The van der Waals surface area contributed by atoms with Gasteiger partial charge in [-0.05, 0) is 32.1 Å². The predicted molar refractivity (Wildman–Crippen MR) is 112 cm³/mol. The van der Waals surface area contributed by atoms with Gasteiger partial charge in [-0.25, -0.2) is 0 Å². The Kier molecular flexibility index (Phi) is 7.64. The van der Waals surface area contributed by atoms with E-state index in [1.54, 1.807) is 4.31 Å². The molecule has 1 atom stereocenters.